The van der Waals surface area contributed by atoms with Crippen LogP contribution < -0.4 is 0 Å². The van der Waals surface area contributed by atoms with E-state index in [-0.39, 0.29) is 86.4 Å². The van der Waals surface area contributed by atoms with E-state index in [1.165, 1.54) is 24.1 Å². The van der Waals surface area contributed by atoms with E-state index in [9.17, 15) is 58.7 Å². The number of fused-ring (bicyclic) bond motifs is 4. The highest BCUT2D eigenvalue weighted by Crippen LogP contribution is 2.46. The van der Waals surface area contributed by atoms with E-state index in [2.05, 4.69) is 0 Å². The van der Waals surface area contributed by atoms with Crippen LogP contribution >= 0.6 is 0 Å². The number of methoxy groups -OCH3 is 3. The molecule has 4 heterocycles. The minimum absolute atomic E-state index is 0.0158. The molecule has 99 heavy (non-hydrogen) atoms. The third-order valence-corrected chi connectivity index (χ3v) is 20.3. The molecule has 2 aromatic carbocycles. The number of piperidine rings is 1. The summed E-state index contributed by atoms with van der Waals surface area (Å²) < 4.78 is 49.1. The fraction of sp³-hybridized carbons (Fsp3) is 0.603. The molecule has 20 nitrogen and oxygen atoms in total. The number of ether oxygens (including phenoxy) is 6. The Balaban J connectivity index is 0.000000366. The summed E-state index contributed by atoms with van der Waals surface area (Å²) in [5.41, 5.74) is 5.69. The molecule has 0 radical (unpaired) electrons. The Labute approximate surface area is 582 Å². The number of aliphatic hydroxyl groups is 5. The van der Waals surface area contributed by atoms with Crippen LogP contribution in [0.1, 0.15) is 168 Å². The lowest BCUT2D eigenvalue weighted by molar-refractivity contribution is -0.265. The van der Waals surface area contributed by atoms with Crippen LogP contribution in [0, 0.1) is 41.3 Å². The van der Waals surface area contributed by atoms with E-state index in [1.54, 1.807) is 65.4 Å². The van der Waals surface area contributed by atoms with Gasteiger partial charge in [0.25, 0.3) is 11.7 Å². The van der Waals surface area contributed by atoms with Gasteiger partial charge in [0.1, 0.15) is 36.0 Å². The third-order valence-electron chi connectivity index (χ3n) is 20.3. The number of carbonyl (C=O) groups excluding carboxylic acids is 5. The van der Waals surface area contributed by atoms with Gasteiger partial charge in [0.2, 0.25) is 5.79 Å². The first-order chi connectivity index (χ1) is 47.2. The number of aliphatic carboxylic acids is 1. The number of aliphatic hydroxyl groups excluding tert-OH is 4. The van der Waals surface area contributed by atoms with Gasteiger partial charge in [-0.3, -0.25) is 29.0 Å². The third kappa shape index (κ3) is 22.0. The molecule has 2 saturated carbocycles. The zero-order valence-corrected chi connectivity index (χ0v) is 59.3. The number of nitrogens with zero attached hydrogens (tertiary/aromatic N) is 2. The second-order valence-corrected chi connectivity index (χ2v) is 28.2. The molecule has 3 aliphatic heterocycles. The Kier molecular flexibility index (Phi) is 30.6. The number of para-hydroxylation sites is 1. The van der Waals surface area contributed by atoms with E-state index in [1.807, 2.05) is 82.3 Å². The van der Waals surface area contributed by atoms with E-state index in [0.717, 1.165) is 58.1 Å². The van der Waals surface area contributed by atoms with E-state index >= 15 is 0 Å². The highest BCUT2D eigenvalue weighted by molar-refractivity contribution is 6.39. The van der Waals surface area contributed by atoms with Crippen molar-refractivity contribution in [2.75, 3.05) is 41.1 Å². The van der Waals surface area contributed by atoms with Gasteiger partial charge in [-0.25, -0.2) is 9.18 Å². The maximum atomic E-state index is 14.5. The maximum Gasteiger partial charge on any atom is 0.329 e. The molecule has 0 spiro atoms. The number of carbonyl (C=O) groups is 6. The summed E-state index contributed by atoms with van der Waals surface area (Å²) in [5.74, 6) is -9.06. The number of cyclic esters (lactones) is 1. The lowest BCUT2D eigenvalue weighted by Gasteiger charge is -2.42. The normalized spacial score (nSPS) is 31.9. The van der Waals surface area contributed by atoms with Crippen LogP contribution in [0.2, 0.25) is 0 Å². The number of hydrogen-bond donors (Lipinski definition) is 6. The summed E-state index contributed by atoms with van der Waals surface area (Å²) in [7, 11) is 4.58. The standard InChI is InChI=1S/C53H83NO14.C25H24FNO4/c1-32-16-12-11-13-17-33(2)44(63-8)30-40-21-19-38(7)53(62,68-40)50(59)51(60)54-23-15-14-18-41(54)52(61)67-45(35(4)28-39-20-22-43(66-25-24-55)46(29-39)64-9)31-42(56)34(3)27-37(6)48(58)49(65-10)47(57)36(5)26-32;26-17-9-7-15(8-10-17)24-20-3-1-2-4-22(20)27-25(16-5-6-16)21(24)12-11-18(28)13-19(29)14-23(30)31/h11-13,16-17,27,32,34-36,38-41,43-46,48-49,55,58,62H,14-15,18-26,28-31H2,1-10H3;1-4,7-12,16,18-19,28-29H,5-6,13-14H2,(H,30,31)/b13-11+,16-12+,33-17+,37-27+;12-11+/t32-,34-,35-,36-,38-,39+,40+,41+,43-,44+,45+,46-,48-,49+,53-;18-,19-/m11/s1. The van der Waals surface area contributed by atoms with Crippen LogP contribution in [-0.2, 0) is 57.2 Å². The first-order valence-corrected chi connectivity index (χ1v) is 35.4. The molecule has 3 aromatic rings. The van der Waals surface area contributed by atoms with Gasteiger partial charge >= 0.3 is 11.9 Å². The van der Waals surface area contributed by atoms with Gasteiger partial charge in [0.15, 0.2) is 5.78 Å². The molecule has 1 amide bonds. The Bertz CT molecular complexity index is 3360. The van der Waals surface area contributed by atoms with Gasteiger partial charge in [-0.2, -0.15) is 0 Å². The topological polar surface area (TPSA) is 295 Å². The second-order valence-electron chi connectivity index (χ2n) is 28.2. The predicted octanol–water partition coefficient (Wildman–Crippen LogP) is 10.7. The van der Waals surface area contributed by atoms with Crippen molar-refractivity contribution in [3.05, 3.63) is 119 Å². The number of aromatic nitrogens is 1. The van der Waals surface area contributed by atoms with Gasteiger partial charge in [-0.15, -0.1) is 0 Å². The Morgan fingerprint density at radius 1 is 0.848 bits per heavy atom. The molecule has 2 bridgehead atoms. The highest BCUT2D eigenvalue weighted by Gasteiger charge is 2.53. The molecular formula is C78H107FN2O18. The van der Waals surface area contributed by atoms with Crippen molar-refractivity contribution in [2.24, 2.45) is 35.5 Å². The number of Topliss-reactive ketones (excluding diaryl/α,β-unsaturated/α-hetero) is 3. The fourth-order valence-electron chi connectivity index (χ4n) is 14.4. The highest BCUT2D eigenvalue weighted by atomic mass is 19.1. The zero-order valence-electron chi connectivity index (χ0n) is 59.3. The van der Waals surface area contributed by atoms with E-state index in [0.29, 0.717) is 69.3 Å². The monoisotopic (exact) mass is 1380 g/mol. The number of benzene rings is 2. The van der Waals surface area contributed by atoms with Gasteiger partial charge in [0.05, 0.1) is 67.5 Å². The number of ketones is 3. The second kappa shape index (κ2) is 38.0. The van der Waals surface area contributed by atoms with E-state index < -0.39 is 102 Å². The minimum Gasteiger partial charge on any atom is -0.481 e. The first-order valence-electron chi connectivity index (χ1n) is 35.4. The molecule has 17 atom stereocenters. The van der Waals surface area contributed by atoms with Crippen molar-refractivity contribution in [3.8, 4) is 11.1 Å². The van der Waals surface area contributed by atoms with Crippen molar-refractivity contribution < 1.29 is 92.2 Å². The van der Waals surface area contributed by atoms with Crippen LogP contribution in [0.5, 0.6) is 0 Å². The largest absolute Gasteiger partial charge is 0.481 e. The summed E-state index contributed by atoms with van der Waals surface area (Å²) in [6.45, 7) is 12.9. The molecule has 2 aliphatic carbocycles. The van der Waals surface area contributed by atoms with E-state index in [4.69, 9.17) is 38.5 Å². The summed E-state index contributed by atoms with van der Waals surface area (Å²) in [6, 6.07) is 13.0. The Morgan fingerprint density at radius 2 is 1.58 bits per heavy atom. The van der Waals surface area contributed by atoms with Crippen LogP contribution in [0.25, 0.3) is 28.1 Å². The average molecular weight is 1380 g/mol. The molecule has 2 saturated heterocycles. The molecule has 5 aliphatic rings. The summed E-state index contributed by atoms with van der Waals surface area (Å²) in [5, 5.41) is 62.7. The minimum atomic E-state index is -2.43. The number of allylic oxidation sites excluding steroid dienone is 6. The number of esters is 1. The first kappa shape index (κ1) is 79.8. The zero-order chi connectivity index (χ0) is 72.3. The molecule has 8 rings (SSSR count). The fourth-order valence-corrected chi connectivity index (χ4v) is 14.4. The van der Waals surface area contributed by atoms with Gasteiger partial charge in [-0.05, 0) is 144 Å². The molecule has 0 unspecified atom stereocenters. The number of carboxylic acids is 1. The van der Waals surface area contributed by atoms with Crippen LogP contribution in [0.3, 0.4) is 0 Å². The van der Waals surface area contributed by atoms with Crippen LogP contribution in [-0.4, -0.2) is 184 Å². The van der Waals surface area contributed by atoms with Crippen LogP contribution in [0.15, 0.2) is 102 Å². The van der Waals surface area contributed by atoms with Gasteiger partial charge in [-0.1, -0.05) is 114 Å². The number of rotatable bonds is 17. The molecular weight excluding hydrogens is 1270 g/mol. The lowest BCUT2D eigenvalue weighted by Crippen LogP contribution is -2.61. The van der Waals surface area contributed by atoms with Crippen molar-refractivity contribution in [2.45, 2.75) is 224 Å². The lowest BCUT2D eigenvalue weighted by atomic mass is 9.78. The Morgan fingerprint density at radius 3 is 2.25 bits per heavy atom. The van der Waals surface area contributed by atoms with Crippen molar-refractivity contribution in [1.29, 1.82) is 0 Å². The van der Waals surface area contributed by atoms with Crippen LogP contribution in [0.4, 0.5) is 4.39 Å². The number of amides is 1. The van der Waals surface area contributed by atoms with Crippen molar-refractivity contribution in [1.82, 2.24) is 9.88 Å². The molecule has 544 valence electrons. The predicted molar refractivity (Wildman–Crippen MR) is 373 cm³/mol. The summed E-state index contributed by atoms with van der Waals surface area (Å²) in [4.78, 5) is 87.8. The number of halogens is 1. The summed E-state index contributed by atoms with van der Waals surface area (Å²) in [6.07, 6.45) is 14.8. The average Bonchev–Trinajstić information content (AvgIpc) is 1.75. The number of hydrogen-bond acceptors (Lipinski definition) is 18. The number of carboxylic acid groups (broad SMARTS) is 1. The van der Waals surface area contributed by atoms with Gasteiger partial charge in [0, 0.05) is 87.3 Å². The molecule has 6 N–H and O–H groups in total. The van der Waals surface area contributed by atoms with Crippen molar-refractivity contribution in [3.63, 3.8) is 0 Å². The molecule has 21 heteroatoms. The quantitative estimate of drug-likeness (QED) is 0.0416. The maximum absolute atomic E-state index is 14.5. The number of pyridine rings is 1. The smallest absolute Gasteiger partial charge is 0.329 e. The molecule has 1 aromatic heterocycles. The molecule has 4 fully saturated rings. The summed E-state index contributed by atoms with van der Waals surface area (Å²) >= 11 is 0. The SMILES string of the molecule is CO[C@H]1C[C@@H]2CC[C@@H](C)[C@@](O)(O2)C(=O)C(=O)N2CCCC[C@H]2C(=O)O[C@H]([C@H](C)C[C@@H]2CC[C@@H](OCCO)[C@H](OC)C2)CC(=O)[C@H](C)/C=C(\C)[C@@H](O)[C@@H](OC)C(=O)[C@H](C)C[C@H](C)/C=C/C=C/C=C/1C.O=C(O)C[C@H](O)C[C@H](O)/C=C/c1c(C2CC2)nc2ccccc2c1-c1ccc(F)cc1. The van der Waals surface area contributed by atoms with Crippen molar-refractivity contribution >= 4 is 52.2 Å². The van der Waals surface area contributed by atoms with Gasteiger partial charge < -0.3 is 64.0 Å². The Hall–Kier alpha value is -6.50.